The van der Waals surface area contributed by atoms with Crippen LogP contribution in [-0.2, 0) is 33.3 Å². The van der Waals surface area contributed by atoms with Crippen molar-refractivity contribution in [2.45, 2.75) is 110 Å². The molecule has 0 bridgehead atoms. The van der Waals surface area contributed by atoms with Crippen molar-refractivity contribution < 1.29 is 33.3 Å². The van der Waals surface area contributed by atoms with Crippen LogP contribution in [-0.4, -0.2) is 77.3 Å². The van der Waals surface area contributed by atoms with Gasteiger partial charge in [-0.2, -0.15) is 0 Å². The fourth-order valence-electron chi connectivity index (χ4n) is 6.61. The van der Waals surface area contributed by atoms with Crippen LogP contribution in [0.1, 0.15) is 73.6 Å². The average Bonchev–Trinajstić information content (AvgIpc) is 2.85. The van der Waals surface area contributed by atoms with Crippen LogP contribution in [0, 0.1) is 23.7 Å². The van der Waals surface area contributed by atoms with Crippen LogP contribution >= 0.6 is 0 Å². The summed E-state index contributed by atoms with van der Waals surface area (Å²) in [5.41, 5.74) is -0.257. The fraction of sp³-hybridized carbons (Fsp3) is 0.963. The maximum absolute atomic E-state index is 6.54. The summed E-state index contributed by atoms with van der Waals surface area (Å²) in [6, 6.07) is 0. The van der Waals surface area contributed by atoms with E-state index >= 15 is 0 Å². The van der Waals surface area contributed by atoms with Crippen LogP contribution in [0.2, 0.25) is 0 Å². The Morgan fingerprint density at radius 1 is 0.771 bits per heavy atom. The molecule has 206 valence electrons. The largest absolute Gasteiger partial charge is 0.399 e. The van der Waals surface area contributed by atoms with Crippen LogP contribution in [0.3, 0.4) is 0 Å². The Morgan fingerprint density at radius 2 is 1.26 bits per heavy atom. The number of hydrogen-bond donors (Lipinski definition) is 0. The molecule has 0 radical (unpaired) electrons. The summed E-state index contributed by atoms with van der Waals surface area (Å²) in [4.78, 5) is 5.34. The standard InChI is InChI=1S/C27H51NO7/c1-12-14-19-17(3)22(34-24(29-7)26(19,5)31-9)16-21(28-33-11)23-18(4)20(15-13-2)27(6,32-10)25(30-8)35-23/h17-20,22-25H,12-16H2,1-11H3/b28-21-/t17-,18-,19+,20+,22-,23+,24+,25+,26-,27-/m1/s1. The molecule has 0 aromatic carbocycles. The highest BCUT2D eigenvalue weighted by Crippen LogP contribution is 2.47. The first-order valence-electron chi connectivity index (χ1n) is 13.2. The predicted molar refractivity (Wildman–Crippen MR) is 136 cm³/mol. The zero-order valence-electron chi connectivity index (χ0n) is 24.0. The summed E-state index contributed by atoms with van der Waals surface area (Å²) in [6.45, 7) is 13.0. The lowest BCUT2D eigenvalue weighted by atomic mass is 9.69. The van der Waals surface area contributed by atoms with E-state index in [-0.39, 0.29) is 35.9 Å². The normalized spacial score (nSPS) is 42.8. The second-order valence-electron chi connectivity index (χ2n) is 10.6. The minimum atomic E-state index is -0.554. The lowest BCUT2D eigenvalue weighted by Gasteiger charge is -2.53. The molecule has 0 unspecified atom stereocenters. The lowest BCUT2D eigenvalue weighted by Crippen LogP contribution is -2.62. The van der Waals surface area contributed by atoms with Crippen molar-refractivity contribution in [1.29, 1.82) is 0 Å². The molecule has 0 aromatic heterocycles. The smallest absolute Gasteiger partial charge is 0.187 e. The highest BCUT2D eigenvalue weighted by molar-refractivity contribution is 5.89. The second-order valence-corrected chi connectivity index (χ2v) is 10.6. The van der Waals surface area contributed by atoms with Gasteiger partial charge in [0.1, 0.15) is 24.4 Å². The number of nitrogens with zero attached hydrogens (tertiary/aromatic N) is 1. The van der Waals surface area contributed by atoms with Crippen molar-refractivity contribution in [1.82, 2.24) is 0 Å². The molecule has 2 saturated heterocycles. The van der Waals surface area contributed by atoms with Crippen LogP contribution in [0.5, 0.6) is 0 Å². The number of hydrogen-bond acceptors (Lipinski definition) is 8. The van der Waals surface area contributed by atoms with E-state index in [4.69, 9.17) is 33.3 Å². The first kappa shape index (κ1) is 30.5. The predicted octanol–water partition coefficient (Wildman–Crippen LogP) is 5.04. The van der Waals surface area contributed by atoms with Gasteiger partial charge in [-0.3, -0.25) is 0 Å². The monoisotopic (exact) mass is 501 g/mol. The third-order valence-corrected chi connectivity index (χ3v) is 8.76. The zero-order valence-corrected chi connectivity index (χ0v) is 24.0. The Kier molecular flexibility index (Phi) is 11.4. The Morgan fingerprint density at radius 3 is 1.69 bits per heavy atom. The van der Waals surface area contributed by atoms with Crippen molar-refractivity contribution in [3.05, 3.63) is 0 Å². The molecule has 8 nitrogen and oxygen atoms in total. The molecule has 10 atom stereocenters. The maximum atomic E-state index is 6.54. The molecule has 0 aromatic rings. The van der Waals surface area contributed by atoms with Gasteiger partial charge in [0.25, 0.3) is 0 Å². The van der Waals surface area contributed by atoms with Crippen molar-refractivity contribution in [2.75, 3.05) is 35.5 Å². The van der Waals surface area contributed by atoms with Crippen LogP contribution in [0.4, 0.5) is 0 Å². The van der Waals surface area contributed by atoms with Gasteiger partial charge in [0, 0.05) is 34.9 Å². The molecule has 35 heavy (non-hydrogen) atoms. The lowest BCUT2D eigenvalue weighted by molar-refractivity contribution is -0.311. The minimum Gasteiger partial charge on any atom is -0.399 e. The van der Waals surface area contributed by atoms with Crippen LogP contribution in [0.25, 0.3) is 0 Å². The Bertz CT molecular complexity index is 676. The molecular formula is C27H51NO7. The first-order valence-corrected chi connectivity index (χ1v) is 13.2. The van der Waals surface area contributed by atoms with Gasteiger partial charge in [-0.1, -0.05) is 45.7 Å². The highest BCUT2D eigenvalue weighted by Gasteiger charge is 2.55. The molecule has 0 spiro atoms. The molecule has 2 aliphatic heterocycles. The van der Waals surface area contributed by atoms with E-state index in [2.05, 4.69) is 46.7 Å². The van der Waals surface area contributed by atoms with E-state index in [1.807, 2.05) is 0 Å². The molecule has 0 N–H and O–H groups in total. The summed E-state index contributed by atoms with van der Waals surface area (Å²) >= 11 is 0. The van der Waals surface area contributed by atoms with Crippen LogP contribution < -0.4 is 0 Å². The highest BCUT2D eigenvalue weighted by atomic mass is 16.7. The Labute approximate surface area is 213 Å². The number of methoxy groups -OCH3 is 4. The molecule has 2 aliphatic rings. The molecule has 2 rings (SSSR count). The Hall–Kier alpha value is -0.770. The van der Waals surface area contributed by atoms with Gasteiger partial charge in [0.15, 0.2) is 12.6 Å². The maximum Gasteiger partial charge on any atom is 0.187 e. The quantitative estimate of drug-likeness (QED) is 0.274. The number of oxime groups is 1. The fourth-order valence-corrected chi connectivity index (χ4v) is 6.61. The molecule has 0 aliphatic carbocycles. The van der Waals surface area contributed by atoms with E-state index < -0.39 is 23.8 Å². The summed E-state index contributed by atoms with van der Waals surface area (Å²) in [5, 5.41) is 4.49. The first-order chi connectivity index (χ1) is 16.6. The molecule has 0 saturated carbocycles. The second kappa shape index (κ2) is 13.2. The van der Waals surface area contributed by atoms with Gasteiger partial charge < -0.3 is 33.3 Å². The third kappa shape index (κ3) is 5.88. The summed E-state index contributed by atoms with van der Waals surface area (Å²) in [7, 11) is 8.40. The topological polar surface area (TPSA) is 77.0 Å². The average molecular weight is 502 g/mol. The molecule has 2 fully saturated rings. The van der Waals surface area contributed by atoms with E-state index in [0.29, 0.717) is 6.42 Å². The summed E-state index contributed by atoms with van der Waals surface area (Å²) in [5.74, 6) is 0.865. The van der Waals surface area contributed by atoms with Gasteiger partial charge >= 0.3 is 0 Å². The van der Waals surface area contributed by atoms with Crippen molar-refractivity contribution >= 4 is 5.71 Å². The van der Waals surface area contributed by atoms with Crippen molar-refractivity contribution in [2.24, 2.45) is 28.8 Å². The van der Waals surface area contributed by atoms with E-state index in [1.54, 1.807) is 35.5 Å². The zero-order chi connectivity index (χ0) is 26.4. The van der Waals surface area contributed by atoms with Crippen molar-refractivity contribution in [3.8, 4) is 0 Å². The summed E-state index contributed by atoms with van der Waals surface area (Å²) < 4.78 is 36.7. The molecule has 0 amide bonds. The SMILES string of the molecule is CCC[C@H]1[C@@H](C)[C@@H](/C(C[C@H]2O[C@H](OC)[C@](C)(OC)[C@@H](CCC)[C@H]2C)=N\OC)O[C@H](OC)[C@]1(C)OC. The van der Waals surface area contributed by atoms with Gasteiger partial charge in [-0.25, -0.2) is 0 Å². The number of ether oxygens (including phenoxy) is 6. The van der Waals surface area contributed by atoms with E-state index in [1.165, 1.54) is 0 Å². The van der Waals surface area contributed by atoms with Crippen LogP contribution in [0.15, 0.2) is 5.16 Å². The van der Waals surface area contributed by atoms with Crippen molar-refractivity contribution in [3.63, 3.8) is 0 Å². The van der Waals surface area contributed by atoms with E-state index in [0.717, 1.165) is 31.4 Å². The van der Waals surface area contributed by atoms with Gasteiger partial charge in [0.2, 0.25) is 0 Å². The third-order valence-electron chi connectivity index (χ3n) is 8.76. The van der Waals surface area contributed by atoms with Gasteiger partial charge in [0.05, 0.1) is 11.8 Å². The minimum absolute atomic E-state index is 0.120. The molecule has 2 heterocycles. The van der Waals surface area contributed by atoms with Gasteiger partial charge in [-0.05, 0) is 50.4 Å². The Balaban J connectivity index is 2.39. The van der Waals surface area contributed by atoms with E-state index in [9.17, 15) is 0 Å². The summed E-state index contributed by atoms with van der Waals surface area (Å²) in [6.07, 6.45) is 3.30. The molecule has 8 heteroatoms. The van der Waals surface area contributed by atoms with Gasteiger partial charge in [-0.15, -0.1) is 0 Å². The molecular weight excluding hydrogens is 450 g/mol. The number of rotatable bonds is 12.